The maximum atomic E-state index is 11.8. The van der Waals surface area contributed by atoms with Crippen molar-refractivity contribution in [3.8, 4) is 0 Å². The Kier molecular flexibility index (Phi) is 5.65. The molecule has 1 amide bonds. The number of nitrogens with zero attached hydrogens (tertiary/aromatic N) is 2. The molecule has 0 radical (unpaired) electrons. The van der Waals surface area contributed by atoms with Gasteiger partial charge in [0.2, 0.25) is 5.91 Å². The van der Waals surface area contributed by atoms with Crippen molar-refractivity contribution in [2.24, 2.45) is 0 Å². The molecule has 0 saturated carbocycles. The second-order valence-corrected chi connectivity index (χ2v) is 5.86. The second kappa shape index (κ2) is 6.84. The number of carbonyl (C=O) groups is 1. The van der Waals surface area contributed by atoms with E-state index >= 15 is 0 Å². The van der Waals surface area contributed by atoms with Crippen LogP contribution in [0, 0.1) is 10.1 Å². The number of benzene rings is 1. The van der Waals surface area contributed by atoms with Gasteiger partial charge in [-0.1, -0.05) is 11.6 Å². The van der Waals surface area contributed by atoms with Crippen molar-refractivity contribution in [1.29, 1.82) is 0 Å². The van der Waals surface area contributed by atoms with Crippen LogP contribution in [0.4, 0.5) is 11.4 Å². The lowest BCUT2D eigenvalue weighted by Gasteiger charge is -2.24. The van der Waals surface area contributed by atoms with Gasteiger partial charge in [-0.25, -0.2) is 0 Å². The minimum atomic E-state index is -0.909. The van der Waals surface area contributed by atoms with Crippen molar-refractivity contribution in [2.75, 3.05) is 25.5 Å². The molecule has 0 aliphatic rings. The van der Waals surface area contributed by atoms with Crippen molar-refractivity contribution in [3.05, 3.63) is 33.3 Å². The van der Waals surface area contributed by atoms with Crippen LogP contribution in [0.3, 0.4) is 0 Å². The zero-order valence-corrected chi connectivity index (χ0v) is 12.8. The molecule has 0 heterocycles. The van der Waals surface area contributed by atoms with Crippen LogP contribution < -0.4 is 5.32 Å². The lowest BCUT2D eigenvalue weighted by atomic mass is 10.1. The van der Waals surface area contributed by atoms with Gasteiger partial charge < -0.3 is 10.4 Å². The highest BCUT2D eigenvalue weighted by Crippen LogP contribution is 2.27. The zero-order chi connectivity index (χ0) is 16.2. The maximum Gasteiger partial charge on any atom is 0.289 e. The zero-order valence-electron chi connectivity index (χ0n) is 12.1. The summed E-state index contributed by atoms with van der Waals surface area (Å²) >= 11 is 5.69. The molecular formula is C13H18ClN3O4. The normalized spacial score (nSPS) is 11.5. The van der Waals surface area contributed by atoms with E-state index < -0.39 is 10.5 Å². The Balaban J connectivity index is 2.67. The fourth-order valence-electron chi connectivity index (χ4n) is 1.89. The Hall–Kier alpha value is -1.70. The molecule has 0 atom stereocenters. The molecule has 2 N–H and O–H groups in total. The molecule has 0 saturated heterocycles. The van der Waals surface area contributed by atoms with Gasteiger partial charge in [0.05, 0.1) is 17.1 Å². The van der Waals surface area contributed by atoms with E-state index in [1.807, 2.05) is 0 Å². The summed E-state index contributed by atoms with van der Waals surface area (Å²) in [5, 5.41) is 23.0. The van der Waals surface area contributed by atoms with E-state index in [9.17, 15) is 20.0 Å². The first-order valence-electron chi connectivity index (χ1n) is 6.23. The van der Waals surface area contributed by atoms with E-state index in [-0.39, 0.29) is 23.2 Å². The van der Waals surface area contributed by atoms with Gasteiger partial charge in [-0.2, -0.15) is 0 Å². The SMILES string of the molecule is CN(CC(=O)Nc1ccc(Cl)c([N+](=O)[O-])c1)CC(C)(C)O. The lowest BCUT2D eigenvalue weighted by molar-refractivity contribution is -0.384. The van der Waals surface area contributed by atoms with E-state index in [0.717, 1.165) is 0 Å². The second-order valence-electron chi connectivity index (χ2n) is 5.46. The van der Waals surface area contributed by atoms with Crippen LogP contribution in [0.1, 0.15) is 13.8 Å². The van der Waals surface area contributed by atoms with E-state index in [1.54, 1.807) is 25.8 Å². The average Bonchev–Trinajstić information content (AvgIpc) is 2.28. The predicted molar refractivity (Wildman–Crippen MR) is 80.5 cm³/mol. The highest BCUT2D eigenvalue weighted by Gasteiger charge is 2.18. The molecular weight excluding hydrogens is 298 g/mol. The van der Waals surface area contributed by atoms with Crippen LogP contribution in [0.5, 0.6) is 0 Å². The molecule has 0 aliphatic carbocycles. The van der Waals surface area contributed by atoms with Gasteiger partial charge in [-0.15, -0.1) is 0 Å². The number of carbonyl (C=O) groups excluding carboxylic acids is 1. The van der Waals surface area contributed by atoms with Crippen LogP contribution in [-0.2, 0) is 4.79 Å². The quantitative estimate of drug-likeness (QED) is 0.617. The van der Waals surface area contributed by atoms with Gasteiger partial charge in [0.25, 0.3) is 5.69 Å². The first kappa shape index (κ1) is 17.4. The number of aliphatic hydroxyl groups is 1. The minimum absolute atomic E-state index is 0.0112. The molecule has 0 bridgehead atoms. The highest BCUT2D eigenvalue weighted by molar-refractivity contribution is 6.32. The molecule has 1 aromatic carbocycles. The van der Waals surface area contributed by atoms with E-state index in [4.69, 9.17) is 11.6 Å². The third-order valence-corrected chi connectivity index (χ3v) is 2.82. The Morgan fingerprint density at radius 3 is 2.67 bits per heavy atom. The van der Waals surface area contributed by atoms with Crippen molar-refractivity contribution < 1.29 is 14.8 Å². The molecule has 116 valence electrons. The molecule has 0 aromatic heterocycles. The van der Waals surface area contributed by atoms with Gasteiger partial charge in [-0.3, -0.25) is 19.8 Å². The molecule has 21 heavy (non-hydrogen) atoms. The van der Waals surface area contributed by atoms with Crippen molar-refractivity contribution in [2.45, 2.75) is 19.4 Å². The predicted octanol–water partition coefficient (Wildman–Crippen LogP) is 1.89. The van der Waals surface area contributed by atoms with Crippen molar-refractivity contribution >= 4 is 28.9 Å². The smallest absolute Gasteiger partial charge is 0.289 e. The Morgan fingerprint density at radius 1 is 1.52 bits per heavy atom. The summed E-state index contributed by atoms with van der Waals surface area (Å²) in [7, 11) is 1.70. The molecule has 0 spiro atoms. The standard InChI is InChI=1S/C13H18ClN3O4/c1-13(2,19)8-16(3)7-12(18)15-9-4-5-10(14)11(6-9)17(20)21/h4-6,19H,7-8H2,1-3H3,(H,15,18). The largest absolute Gasteiger partial charge is 0.389 e. The topological polar surface area (TPSA) is 95.7 Å². The maximum absolute atomic E-state index is 11.8. The third-order valence-electron chi connectivity index (χ3n) is 2.50. The number of likely N-dealkylation sites (N-methyl/N-ethyl adjacent to an activating group) is 1. The molecule has 0 fully saturated rings. The molecule has 8 heteroatoms. The summed E-state index contributed by atoms with van der Waals surface area (Å²) in [5.41, 5.74) is -0.874. The summed E-state index contributed by atoms with van der Waals surface area (Å²) in [5.74, 6) is -0.335. The number of nitro groups is 1. The van der Waals surface area contributed by atoms with Gasteiger partial charge in [0, 0.05) is 18.3 Å². The number of hydrogen-bond donors (Lipinski definition) is 2. The summed E-state index contributed by atoms with van der Waals surface area (Å²) < 4.78 is 0. The van der Waals surface area contributed by atoms with Crippen LogP contribution >= 0.6 is 11.6 Å². The molecule has 7 nitrogen and oxygen atoms in total. The number of amides is 1. The average molecular weight is 316 g/mol. The third kappa shape index (κ3) is 6.07. The van der Waals surface area contributed by atoms with E-state index in [2.05, 4.69) is 5.32 Å². The fraction of sp³-hybridized carbons (Fsp3) is 0.462. The Labute approximate surface area is 127 Å². The van der Waals surface area contributed by atoms with Gasteiger partial charge in [-0.05, 0) is 33.0 Å². The lowest BCUT2D eigenvalue weighted by Crippen LogP contribution is -2.40. The summed E-state index contributed by atoms with van der Waals surface area (Å²) in [6.07, 6.45) is 0. The van der Waals surface area contributed by atoms with Gasteiger partial charge in [0.15, 0.2) is 0 Å². The number of nitrogens with one attached hydrogen (secondary N) is 1. The molecule has 0 unspecified atom stereocenters. The highest BCUT2D eigenvalue weighted by atomic mass is 35.5. The number of halogens is 1. The van der Waals surface area contributed by atoms with E-state index in [1.165, 1.54) is 18.2 Å². The number of nitro benzene ring substituents is 1. The molecule has 1 aromatic rings. The number of anilines is 1. The van der Waals surface area contributed by atoms with Crippen LogP contribution in [0.25, 0.3) is 0 Å². The number of rotatable bonds is 6. The van der Waals surface area contributed by atoms with Crippen molar-refractivity contribution in [1.82, 2.24) is 4.90 Å². The minimum Gasteiger partial charge on any atom is -0.389 e. The van der Waals surface area contributed by atoms with Gasteiger partial charge in [0.1, 0.15) is 5.02 Å². The van der Waals surface area contributed by atoms with Crippen LogP contribution in [-0.4, -0.2) is 46.6 Å². The van der Waals surface area contributed by atoms with Gasteiger partial charge >= 0.3 is 0 Å². The summed E-state index contributed by atoms with van der Waals surface area (Å²) in [4.78, 5) is 23.6. The number of hydrogen-bond acceptors (Lipinski definition) is 5. The van der Waals surface area contributed by atoms with Crippen molar-refractivity contribution in [3.63, 3.8) is 0 Å². The molecule has 1 rings (SSSR count). The first-order valence-corrected chi connectivity index (χ1v) is 6.61. The van der Waals surface area contributed by atoms with Crippen LogP contribution in [0.2, 0.25) is 5.02 Å². The fourth-order valence-corrected chi connectivity index (χ4v) is 2.08. The Bertz CT molecular complexity index is 543. The Morgan fingerprint density at radius 2 is 2.14 bits per heavy atom. The van der Waals surface area contributed by atoms with Crippen LogP contribution in [0.15, 0.2) is 18.2 Å². The first-order chi connectivity index (χ1) is 9.58. The summed E-state index contributed by atoms with van der Waals surface area (Å²) in [6, 6.07) is 4.05. The molecule has 0 aliphatic heterocycles. The monoisotopic (exact) mass is 315 g/mol. The summed E-state index contributed by atoms with van der Waals surface area (Å²) in [6.45, 7) is 3.66. The van der Waals surface area contributed by atoms with E-state index in [0.29, 0.717) is 12.2 Å².